The molecule has 2 aliphatic carbocycles. The molecule has 2 aliphatic rings. The monoisotopic (exact) mass is 592 g/mol. The van der Waals surface area contributed by atoms with Crippen molar-refractivity contribution in [1.29, 1.82) is 0 Å². The van der Waals surface area contributed by atoms with Crippen LogP contribution in [0.5, 0.6) is 11.5 Å². The van der Waals surface area contributed by atoms with Gasteiger partial charge in [-0.15, -0.1) is 0 Å². The first-order valence-corrected chi connectivity index (χ1v) is 21.7. The quantitative estimate of drug-likeness (QED) is 0.329. The van der Waals surface area contributed by atoms with Crippen molar-refractivity contribution in [3.63, 3.8) is 0 Å². The van der Waals surface area contributed by atoms with Crippen molar-refractivity contribution in [2.45, 2.75) is 162 Å². The van der Waals surface area contributed by atoms with Crippen molar-refractivity contribution >= 4 is 16.6 Å². The average Bonchev–Trinajstić information content (AvgIpc) is 3.11. The lowest BCUT2D eigenvalue weighted by molar-refractivity contribution is 0.348. The molecule has 1 spiro atoms. The Morgan fingerprint density at radius 2 is 1.02 bits per heavy atom. The van der Waals surface area contributed by atoms with E-state index in [0.717, 1.165) is 24.3 Å². The summed E-state index contributed by atoms with van der Waals surface area (Å²) in [5, 5.41) is 0.197. The van der Waals surface area contributed by atoms with Gasteiger partial charge in [-0.2, -0.15) is 0 Å². The molecule has 0 bridgehead atoms. The van der Waals surface area contributed by atoms with E-state index in [-0.39, 0.29) is 26.3 Å². The molecule has 2 aromatic carbocycles. The summed E-state index contributed by atoms with van der Waals surface area (Å²) in [6, 6.07) is 4.94. The van der Waals surface area contributed by atoms with Crippen LogP contribution in [0.3, 0.4) is 0 Å². The van der Waals surface area contributed by atoms with Gasteiger partial charge in [0.2, 0.25) is 0 Å². The van der Waals surface area contributed by atoms with Crippen molar-refractivity contribution in [3.8, 4) is 11.5 Å². The fraction of sp³-hybridized carbons (Fsp3) is 0.676. The van der Waals surface area contributed by atoms with Gasteiger partial charge in [0.25, 0.3) is 16.6 Å². The molecule has 0 amide bonds. The molecular weight excluding hydrogens is 533 g/mol. The molecule has 0 N–H and O–H groups in total. The molecule has 0 radical (unpaired) electrons. The zero-order chi connectivity index (χ0) is 31.5. The van der Waals surface area contributed by atoms with Crippen LogP contribution in [0.4, 0.5) is 0 Å². The van der Waals surface area contributed by atoms with Gasteiger partial charge in [0, 0.05) is 5.41 Å². The molecule has 0 heterocycles. The number of rotatable bonds is 4. The summed E-state index contributed by atoms with van der Waals surface area (Å²) in [6.45, 7) is 42.7. The molecule has 4 heteroatoms. The summed E-state index contributed by atoms with van der Waals surface area (Å²) in [5.41, 5.74) is 11.9. The Hall–Kier alpha value is -1.53. The molecule has 0 fully saturated rings. The van der Waals surface area contributed by atoms with Gasteiger partial charge in [0.15, 0.2) is 0 Å². The first kappa shape index (κ1) is 32.4. The summed E-state index contributed by atoms with van der Waals surface area (Å²) < 4.78 is 14.5. The van der Waals surface area contributed by atoms with E-state index in [1.807, 2.05) is 0 Å². The third kappa shape index (κ3) is 4.87. The van der Waals surface area contributed by atoms with E-state index >= 15 is 0 Å². The van der Waals surface area contributed by atoms with Gasteiger partial charge in [-0.05, 0) is 138 Å². The molecule has 41 heavy (non-hydrogen) atoms. The molecular formula is C37H60O2Si2. The standard InChI is InChI=1S/C37H60O2Si2/c1-23-19-27-30(25(3)24(23)2)37(21-35(27,11)12)22-36(13,14)28-20-29(38-40(15,16)33(5,6)7)32(26(4)31(28)37)39-41(17,18)34(8,9)10/h19-20H,21-22H2,1-18H3. The molecule has 2 nitrogen and oxygen atoms in total. The van der Waals surface area contributed by atoms with Crippen LogP contribution in [-0.4, -0.2) is 16.6 Å². The van der Waals surface area contributed by atoms with E-state index in [2.05, 4.69) is 135 Å². The largest absolute Gasteiger partial charge is 0.541 e. The predicted molar refractivity (Wildman–Crippen MR) is 184 cm³/mol. The van der Waals surface area contributed by atoms with Crippen molar-refractivity contribution in [3.05, 3.63) is 56.6 Å². The lowest BCUT2D eigenvalue weighted by atomic mass is 9.70. The minimum absolute atomic E-state index is 0.0225. The summed E-state index contributed by atoms with van der Waals surface area (Å²) in [6.07, 6.45) is 2.26. The van der Waals surface area contributed by atoms with Crippen LogP contribution in [-0.2, 0) is 16.2 Å². The van der Waals surface area contributed by atoms with E-state index in [1.54, 1.807) is 11.1 Å². The highest BCUT2D eigenvalue weighted by Crippen LogP contribution is 2.66. The van der Waals surface area contributed by atoms with Gasteiger partial charge in [-0.3, -0.25) is 0 Å². The summed E-state index contributed by atoms with van der Waals surface area (Å²) >= 11 is 0. The fourth-order valence-electron chi connectivity index (χ4n) is 7.43. The number of benzene rings is 2. The second-order valence-electron chi connectivity index (χ2n) is 18.0. The van der Waals surface area contributed by atoms with Crippen molar-refractivity contribution < 1.29 is 8.85 Å². The van der Waals surface area contributed by atoms with E-state index in [9.17, 15) is 0 Å². The lowest BCUT2D eigenvalue weighted by Crippen LogP contribution is -2.46. The van der Waals surface area contributed by atoms with Crippen LogP contribution in [0.1, 0.15) is 127 Å². The van der Waals surface area contributed by atoms with Gasteiger partial charge in [-0.25, -0.2) is 0 Å². The van der Waals surface area contributed by atoms with Crippen LogP contribution in [0.15, 0.2) is 12.1 Å². The second kappa shape index (κ2) is 9.24. The molecule has 0 saturated heterocycles. The first-order chi connectivity index (χ1) is 18.2. The zero-order valence-corrected chi connectivity index (χ0v) is 31.9. The highest BCUT2D eigenvalue weighted by Gasteiger charge is 2.58. The summed E-state index contributed by atoms with van der Waals surface area (Å²) in [7, 11) is -4.25. The van der Waals surface area contributed by atoms with Crippen LogP contribution >= 0.6 is 0 Å². The van der Waals surface area contributed by atoms with Crippen LogP contribution < -0.4 is 8.85 Å². The normalized spacial score (nSPS) is 21.7. The van der Waals surface area contributed by atoms with E-state index < -0.39 is 16.6 Å². The molecule has 0 saturated carbocycles. The van der Waals surface area contributed by atoms with Gasteiger partial charge in [0.1, 0.15) is 11.5 Å². The molecule has 228 valence electrons. The fourth-order valence-corrected chi connectivity index (χ4v) is 9.51. The van der Waals surface area contributed by atoms with E-state index in [0.29, 0.717) is 0 Å². The maximum Gasteiger partial charge on any atom is 0.250 e. The van der Waals surface area contributed by atoms with Gasteiger partial charge >= 0.3 is 0 Å². The predicted octanol–water partition coefficient (Wildman–Crippen LogP) is 11.3. The molecule has 1 atom stereocenters. The zero-order valence-electron chi connectivity index (χ0n) is 29.9. The molecule has 0 aliphatic heterocycles. The van der Waals surface area contributed by atoms with Crippen molar-refractivity contribution in [2.75, 3.05) is 0 Å². The molecule has 4 rings (SSSR count). The highest BCUT2D eigenvalue weighted by molar-refractivity contribution is 6.75. The maximum atomic E-state index is 7.33. The third-order valence-electron chi connectivity index (χ3n) is 11.9. The smallest absolute Gasteiger partial charge is 0.250 e. The van der Waals surface area contributed by atoms with Gasteiger partial charge < -0.3 is 8.85 Å². The Balaban J connectivity index is 2.11. The van der Waals surface area contributed by atoms with Crippen LogP contribution in [0, 0.1) is 27.7 Å². The molecule has 1 unspecified atom stereocenters. The Morgan fingerprint density at radius 3 is 1.49 bits per heavy atom. The number of fused-ring (bicyclic) bond motifs is 4. The first-order valence-electron chi connectivity index (χ1n) is 15.9. The van der Waals surface area contributed by atoms with Crippen LogP contribution in [0.2, 0.25) is 36.3 Å². The third-order valence-corrected chi connectivity index (χ3v) is 20.6. The lowest BCUT2D eigenvalue weighted by Gasteiger charge is -2.41. The topological polar surface area (TPSA) is 18.5 Å². The van der Waals surface area contributed by atoms with Gasteiger partial charge in [-0.1, -0.05) is 75.3 Å². The number of aryl methyl sites for hydroxylation is 1. The minimum Gasteiger partial charge on any atom is -0.541 e. The van der Waals surface area contributed by atoms with Crippen LogP contribution in [0.25, 0.3) is 0 Å². The molecule has 0 aromatic heterocycles. The number of hydrogen-bond donors (Lipinski definition) is 0. The van der Waals surface area contributed by atoms with Crippen molar-refractivity contribution in [1.82, 2.24) is 0 Å². The second-order valence-corrected chi connectivity index (χ2v) is 27.5. The highest BCUT2D eigenvalue weighted by atomic mass is 28.4. The Labute approximate surface area is 255 Å². The SMILES string of the molecule is Cc1cc2c(c(C)c1C)C1(CC2(C)C)CC(C)(C)c2cc(O[Si](C)(C)C(C)(C)C)c(O[Si](C)(C)C(C)(C)C)c(C)c21. The number of hydrogen-bond acceptors (Lipinski definition) is 2. The maximum absolute atomic E-state index is 7.33. The summed E-state index contributed by atoms with van der Waals surface area (Å²) in [5.74, 6) is 2.00. The Kier molecular flexibility index (Phi) is 7.30. The molecule has 2 aromatic rings. The van der Waals surface area contributed by atoms with E-state index in [1.165, 1.54) is 33.4 Å². The summed E-state index contributed by atoms with van der Waals surface area (Å²) in [4.78, 5) is 0. The Bertz CT molecular complexity index is 1400. The van der Waals surface area contributed by atoms with E-state index in [4.69, 9.17) is 8.85 Å². The Morgan fingerprint density at radius 1 is 0.610 bits per heavy atom. The van der Waals surface area contributed by atoms with Crippen molar-refractivity contribution in [2.24, 2.45) is 0 Å². The van der Waals surface area contributed by atoms with Gasteiger partial charge in [0.05, 0.1) is 0 Å². The average molecular weight is 593 g/mol. The minimum atomic E-state index is -2.14.